The van der Waals surface area contributed by atoms with E-state index < -0.39 is 0 Å². The second-order valence-electron chi connectivity index (χ2n) is 5.76. The molecule has 3 rings (SSSR count). The largest absolute Gasteiger partial charge is 0.396 e. The average molecular weight is 335 g/mol. The van der Waals surface area contributed by atoms with Gasteiger partial charge < -0.3 is 15.3 Å². The summed E-state index contributed by atoms with van der Waals surface area (Å²) in [6, 6.07) is 6.91. The van der Waals surface area contributed by atoms with Crippen molar-refractivity contribution in [3.63, 3.8) is 0 Å². The van der Waals surface area contributed by atoms with Gasteiger partial charge in [-0.15, -0.1) is 0 Å². The van der Waals surface area contributed by atoms with Crippen LogP contribution in [0.15, 0.2) is 24.3 Å². The lowest BCUT2D eigenvalue weighted by Gasteiger charge is -2.28. The molecule has 2 aromatic rings. The second-order valence-corrected chi connectivity index (χ2v) is 6.20. The van der Waals surface area contributed by atoms with E-state index in [9.17, 15) is 9.90 Å². The molecule has 2 amide bonds. The van der Waals surface area contributed by atoms with Crippen LogP contribution in [-0.2, 0) is 13.0 Å². The maximum atomic E-state index is 12.5. The number of aliphatic hydroxyl groups is 1. The number of hydrogen-bond donors (Lipinski definition) is 3. The molecule has 1 unspecified atom stereocenters. The van der Waals surface area contributed by atoms with Crippen LogP contribution in [0.3, 0.4) is 0 Å². The Morgan fingerprint density at radius 1 is 1.57 bits per heavy atom. The first kappa shape index (κ1) is 15.8. The number of H-pyrrole nitrogens is 1. The first-order valence-electron chi connectivity index (χ1n) is 7.57. The van der Waals surface area contributed by atoms with Crippen LogP contribution in [-0.4, -0.2) is 39.4 Å². The quantitative estimate of drug-likeness (QED) is 0.807. The summed E-state index contributed by atoms with van der Waals surface area (Å²) in [4.78, 5) is 14.2. The first-order chi connectivity index (χ1) is 11.1. The molecule has 0 radical (unpaired) electrons. The van der Waals surface area contributed by atoms with Gasteiger partial charge in [0.15, 0.2) is 0 Å². The van der Waals surface area contributed by atoms with Gasteiger partial charge in [0.2, 0.25) is 0 Å². The molecule has 0 bridgehead atoms. The molecule has 1 aromatic carbocycles. The molecule has 0 fully saturated rings. The molecular weight excluding hydrogens is 316 g/mol. The molecule has 23 heavy (non-hydrogen) atoms. The Kier molecular flexibility index (Phi) is 4.54. The molecule has 6 nitrogen and oxygen atoms in total. The molecular formula is C16H19ClN4O2. The third-order valence-corrected chi connectivity index (χ3v) is 4.30. The number of urea groups is 1. The van der Waals surface area contributed by atoms with E-state index in [2.05, 4.69) is 15.5 Å². The number of aromatic nitrogens is 2. The number of carbonyl (C=O) groups is 1. The van der Waals surface area contributed by atoms with Crippen molar-refractivity contribution in [2.24, 2.45) is 0 Å². The van der Waals surface area contributed by atoms with Crippen LogP contribution in [0.4, 0.5) is 10.5 Å². The second kappa shape index (κ2) is 6.60. The third kappa shape index (κ3) is 3.33. The number of amides is 2. The molecule has 7 heteroatoms. The summed E-state index contributed by atoms with van der Waals surface area (Å²) in [5, 5.41) is 20.1. The molecule has 122 valence electrons. The Balaban J connectivity index is 1.73. The number of rotatable bonds is 3. The van der Waals surface area contributed by atoms with E-state index in [1.807, 2.05) is 6.92 Å². The van der Waals surface area contributed by atoms with Gasteiger partial charge in [0.1, 0.15) is 0 Å². The van der Waals surface area contributed by atoms with E-state index in [4.69, 9.17) is 11.6 Å². The average Bonchev–Trinajstić information content (AvgIpc) is 2.97. The summed E-state index contributed by atoms with van der Waals surface area (Å²) in [5.41, 5.74) is 3.57. The number of carbonyl (C=O) groups excluding carboxylic acids is 1. The standard InChI is InChI=1S/C16H19ClN4O2/c1-10(9-22)15-13-8-21(6-5-14(13)19-20-15)16(23)18-12-4-2-3-11(17)7-12/h2-4,7,10,22H,5-6,8-9H2,1H3,(H,18,23)(H,19,20). The highest BCUT2D eigenvalue weighted by atomic mass is 35.5. The zero-order valence-electron chi connectivity index (χ0n) is 12.8. The molecule has 1 aliphatic rings. The highest BCUT2D eigenvalue weighted by Crippen LogP contribution is 2.26. The van der Waals surface area contributed by atoms with Crippen LogP contribution >= 0.6 is 11.6 Å². The smallest absolute Gasteiger partial charge is 0.322 e. The number of nitrogens with zero attached hydrogens (tertiary/aromatic N) is 2. The topological polar surface area (TPSA) is 81.2 Å². The van der Waals surface area contributed by atoms with E-state index in [1.54, 1.807) is 29.2 Å². The van der Waals surface area contributed by atoms with Crippen molar-refractivity contribution in [3.8, 4) is 0 Å². The minimum Gasteiger partial charge on any atom is -0.396 e. The predicted octanol–water partition coefficient (Wildman–Crippen LogP) is 2.75. The van der Waals surface area contributed by atoms with Crippen LogP contribution < -0.4 is 5.32 Å². The molecule has 0 saturated heterocycles. The van der Waals surface area contributed by atoms with Crippen molar-refractivity contribution < 1.29 is 9.90 Å². The van der Waals surface area contributed by atoms with Crippen molar-refractivity contribution in [1.82, 2.24) is 15.1 Å². The van der Waals surface area contributed by atoms with Crippen LogP contribution in [0.5, 0.6) is 0 Å². The maximum absolute atomic E-state index is 12.5. The molecule has 1 atom stereocenters. The number of aliphatic hydroxyl groups excluding tert-OH is 1. The summed E-state index contributed by atoms with van der Waals surface area (Å²) in [5.74, 6) is -0.0501. The highest BCUT2D eigenvalue weighted by molar-refractivity contribution is 6.30. The van der Waals surface area contributed by atoms with Crippen molar-refractivity contribution in [1.29, 1.82) is 0 Å². The normalized spacial score (nSPS) is 15.2. The van der Waals surface area contributed by atoms with Gasteiger partial charge in [0.25, 0.3) is 0 Å². The van der Waals surface area contributed by atoms with Gasteiger partial charge in [-0.05, 0) is 18.2 Å². The minimum absolute atomic E-state index is 0.0337. The number of fused-ring (bicyclic) bond motifs is 1. The summed E-state index contributed by atoms with van der Waals surface area (Å²) in [6.45, 7) is 3.06. The fraction of sp³-hybridized carbons (Fsp3) is 0.375. The zero-order valence-corrected chi connectivity index (χ0v) is 13.6. The molecule has 0 saturated carbocycles. The highest BCUT2D eigenvalue weighted by Gasteiger charge is 2.26. The van der Waals surface area contributed by atoms with E-state index in [1.165, 1.54) is 0 Å². The van der Waals surface area contributed by atoms with Gasteiger partial charge in [0, 0.05) is 40.9 Å². The molecule has 0 aliphatic carbocycles. The van der Waals surface area contributed by atoms with E-state index in [-0.39, 0.29) is 18.6 Å². The lowest BCUT2D eigenvalue weighted by molar-refractivity contribution is 0.205. The van der Waals surface area contributed by atoms with Gasteiger partial charge in [-0.25, -0.2) is 4.79 Å². The van der Waals surface area contributed by atoms with E-state index >= 15 is 0 Å². The molecule has 0 spiro atoms. The third-order valence-electron chi connectivity index (χ3n) is 4.07. The number of aromatic amines is 1. The maximum Gasteiger partial charge on any atom is 0.322 e. The molecule has 1 aliphatic heterocycles. The van der Waals surface area contributed by atoms with Crippen LogP contribution in [0.25, 0.3) is 0 Å². The lowest BCUT2D eigenvalue weighted by atomic mass is 9.99. The van der Waals surface area contributed by atoms with Gasteiger partial charge in [-0.3, -0.25) is 5.10 Å². The molecule has 3 N–H and O–H groups in total. The van der Waals surface area contributed by atoms with Crippen molar-refractivity contribution in [2.45, 2.75) is 25.8 Å². The summed E-state index contributed by atoms with van der Waals surface area (Å²) in [7, 11) is 0. The first-order valence-corrected chi connectivity index (χ1v) is 7.94. The van der Waals surface area contributed by atoms with Crippen molar-refractivity contribution in [3.05, 3.63) is 46.2 Å². The molecule has 1 aromatic heterocycles. The zero-order chi connectivity index (χ0) is 16.4. The number of nitrogens with one attached hydrogen (secondary N) is 2. The Morgan fingerprint density at radius 3 is 3.13 bits per heavy atom. The fourth-order valence-electron chi connectivity index (χ4n) is 2.75. The van der Waals surface area contributed by atoms with Gasteiger partial charge >= 0.3 is 6.03 Å². The Labute approximate surface area is 139 Å². The number of benzene rings is 1. The van der Waals surface area contributed by atoms with Crippen LogP contribution in [0.1, 0.15) is 29.8 Å². The Hall–Kier alpha value is -2.05. The van der Waals surface area contributed by atoms with E-state index in [0.29, 0.717) is 23.8 Å². The summed E-state index contributed by atoms with van der Waals surface area (Å²) in [6.07, 6.45) is 0.726. The predicted molar refractivity (Wildman–Crippen MR) is 88.7 cm³/mol. The van der Waals surface area contributed by atoms with Crippen molar-refractivity contribution in [2.75, 3.05) is 18.5 Å². The minimum atomic E-state index is -0.165. The van der Waals surface area contributed by atoms with Crippen LogP contribution in [0, 0.1) is 0 Å². The van der Waals surface area contributed by atoms with Crippen molar-refractivity contribution >= 4 is 23.3 Å². The van der Waals surface area contributed by atoms with Gasteiger partial charge in [-0.2, -0.15) is 5.10 Å². The Morgan fingerprint density at radius 2 is 2.39 bits per heavy atom. The number of halogens is 1. The van der Waals surface area contributed by atoms with Gasteiger partial charge in [0.05, 0.1) is 18.8 Å². The number of hydrogen-bond acceptors (Lipinski definition) is 3. The van der Waals surface area contributed by atoms with Crippen LogP contribution in [0.2, 0.25) is 5.02 Å². The number of anilines is 1. The monoisotopic (exact) mass is 334 g/mol. The SMILES string of the molecule is CC(CO)c1n[nH]c2c1CN(C(=O)Nc1cccc(Cl)c1)CC2. The molecule has 2 heterocycles. The van der Waals surface area contributed by atoms with E-state index in [0.717, 1.165) is 23.4 Å². The summed E-state index contributed by atoms with van der Waals surface area (Å²) >= 11 is 5.94. The lowest BCUT2D eigenvalue weighted by Crippen LogP contribution is -2.39. The summed E-state index contributed by atoms with van der Waals surface area (Å²) < 4.78 is 0. The van der Waals surface area contributed by atoms with Gasteiger partial charge in [-0.1, -0.05) is 24.6 Å². The Bertz CT molecular complexity index is 716. The fourth-order valence-corrected chi connectivity index (χ4v) is 2.94.